The molecule has 0 saturated heterocycles. The lowest BCUT2D eigenvalue weighted by molar-refractivity contribution is 0.443. The molecule has 3 nitrogen and oxygen atoms in total. The number of nitrogens with zero attached hydrogens (tertiary/aromatic N) is 2. The molecule has 0 unspecified atom stereocenters. The van der Waals surface area contributed by atoms with Gasteiger partial charge in [-0.1, -0.05) is 32.9 Å². The molecule has 1 aromatic carbocycles. The van der Waals surface area contributed by atoms with Gasteiger partial charge in [-0.15, -0.1) is 0 Å². The third-order valence-corrected chi connectivity index (χ3v) is 2.65. The molecule has 0 amide bonds. The van der Waals surface area contributed by atoms with Crippen LogP contribution in [0, 0.1) is 5.41 Å². The number of benzene rings is 1. The van der Waals surface area contributed by atoms with Gasteiger partial charge in [0.25, 0.3) is 0 Å². The first-order valence-electron chi connectivity index (χ1n) is 6.33. The van der Waals surface area contributed by atoms with Crippen molar-refractivity contribution in [2.24, 2.45) is 5.41 Å². The molecule has 96 valence electrons. The Morgan fingerprint density at radius 2 is 2.06 bits per heavy atom. The highest BCUT2D eigenvalue weighted by Crippen LogP contribution is 2.16. The number of aromatic nitrogens is 2. The maximum Gasteiger partial charge on any atom is 0.0660 e. The summed E-state index contributed by atoms with van der Waals surface area (Å²) in [5, 5.41) is 7.70. The number of hydrogen-bond donors (Lipinski definition) is 1. The summed E-state index contributed by atoms with van der Waals surface area (Å²) in [6.07, 6.45) is 3.79. The van der Waals surface area contributed by atoms with E-state index in [1.165, 1.54) is 11.3 Å². The minimum atomic E-state index is 0.290. The second kappa shape index (κ2) is 5.25. The lowest BCUT2D eigenvalue weighted by atomic mass is 9.97. The van der Waals surface area contributed by atoms with E-state index in [0.29, 0.717) is 0 Å². The zero-order valence-electron chi connectivity index (χ0n) is 11.4. The van der Waals surface area contributed by atoms with Crippen LogP contribution in [0.4, 0.5) is 5.69 Å². The van der Waals surface area contributed by atoms with Crippen LogP contribution in [0.15, 0.2) is 42.7 Å². The number of nitrogens with one attached hydrogen (secondary N) is 1. The molecule has 0 fully saturated rings. The fraction of sp³-hybridized carbons (Fsp3) is 0.400. The van der Waals surface area contributed by atoms with Crippen LogP contribution in [0.2, 0.25) is 0 Å². The van der Waals surface area contributed by atoms with Crippen molar-refractivity contribution in [2.75, 3.05) is 11.9 Å². The van der Waals surface area contributed by atoms with Gasteiger partial charge in [-0.2, -0.15) is 5.10 Å². The lowest BCUT2D eigenvalue weighted by Gasteiger charge is -2.20. The molecular formula is C15H21N3. The van der Waals surface area contributed by atoms with Crippen LogP contribution < -0.4 is 5.32 Å². The van der Waals surface area contributed by atoms with Crippen LogP contribution >= 0.6 is 0 Å². The SMILES string of the molecule is CC(C)(C)CNc1cccc(Cn2cccn2)c1. The zero-order valence-corrected chi connectivity index (χ0v) is 11.4. The van der Waals surface area contributed by atoms with Gasteiger partial charge in [0.05, 0.1) is 6.54 Å². The molecule has 1 N–H and O–H groups in total. The number of anilines is 1. The van der Waals surface area contributed by atoms with Crippen LogP contribution in [0.3, 0.4) is 0 Å². The highest BCUT2D eigenvalue weighted by Gasteiger charge is 2.09. The normalized spacial score (nSPS) is 11.5. The first kappa shape index (κ1) is 12.7. The van der Waals surface area contributed by atoms with Crippen molar-refractivity contribution >= 4 is 5.69 Å². The summed E-state index contributed by atoms with van der Waals surface area (Å²) in [7, 11) is 0. The second-order valence-electron chi connectivity index (χ2n) is 5.82. The summed E-state index contributed by atoms with van der Waals surface area (Å²) in [5.74, 6) is 0. The Balaban J connectivity index is 2.01. The van der Waals surface area contributed by atoms with Crippen LogP contribution in [-0.4, -0.2) is 16.3 Å². The highest BCUT2D eigenvalue weighted by atomic mass is 15.3. The van der Waals surface area contributed by atoms with Gasteiger partial charge >= 0.3 is 0 Å². The maximum atomic E-state index is 4.22. The monoisotopic (exact) mass is 243 g/mol. The topological polar surface area (TPSA) is 29.9 Å². The van der Waals surface area contributed by atoms with Crippen LogP contribution in [0.1, 0.15) is 26.3 Å². The predicted molar refractivity (Wildman–Crippen MR) is 75.7 cm³/mol. The number of rotatable bonds is 4. The van der Waals surface area contributed by atoms with Gasteiger partial charge in [-0.3, -0.25) is 4.68 Å². The fourth-order valence-corrected chi connectivity index (χ4v) is 1.73. The molecule has 2 aromatic rings. The Hall–Kier alpha value is -1.77. The minimum absolute atomic E-state index is 0.290. The van der Waals surface area contributed by atoms with E-state index in [4.69, 9.17) is 0 Å². The minimum Gasteiger partial charge on any atom is -0.385 e. The standard InChI is InChI=1S/C15H21N3/c1-15(2,3)12-16-14-7-4-6-13(10-14)11-18-9-5-8-17-18/h4-10,16H,11-12H2,1-3H3. The molecule has 0 bridgehead atoms. The predicted octanol–water partition coefficient (Wildman–Crippen LogP) is 3.39. The van der Waals surface area contributed by atoms with E-state index >= 15 is 0 Å². The first-order valence-corrected chi connectivity index (χ1v) is 6.33. The Morgan fingerprint density at radius 1 is 1.22 bits per heavy atom. The van der Waals surface area contributed by atoms with Gasteiger partial charge in [-0.05, 0) is 29.2 Å². The quantitative estimate of drug-likeness (QED) is 0.892. The van der Waals surface area contributed by atoms with Crippen molar-refractivity contribution in [2.45, 2.75) is 27.3 Å². The molecule has 0 aliphatic rings. The molecule has 0 radical (unpaired) electrons. The molecule has 18 heavy (non-hydrogen) atoms. The van der Waals surface area contributed by atoms with E-state index in [0.717, 1.165) is 13.1 Å². The summed E-state index contributed by atoms with van der Waals surface area (Å²) in [4.78, 5) is 0. The number of hydrogen-bond acceptors (Lipinski definition) is 2. The summed E-state index contributed by atoms with van der Waals surface area (Å²) < 4.78 is 1.93. The smallest absolute Gasteiger partial charge is 0.0660 e. The van der Waals surface area contributed by atoms with E-state index in [-0.39, 0.29) is 5.41 Å². The van der Waals surface area contributed by atoms with Crippen molar-refractivity contribution in [1.29, 1.82) is 0 Å². The average Bonchev–Trinajstić information content (AvgIpc) is 2.79. The molecule has 0 aliphatic carbocycles. The second-order valence-corrected chi connectivity index (χ2v) is 5.82. The van der Waals surface area contributed by atoms with Gasteiger partial charge < -0.3 is 5.32 Å². The molecule has 0 spiro atoms. The van der Waals surface area contributed by atoms with Gasteiger partial charge in [0, 0.05) is 24.6 Å². The van der Waals surface area contributed by atoms with Gasteiger partial charge in [0.1, 0.15) is 0 Å². The molecule has 0 aliphatic heterocycles. The van der Waals surface area contributed by atoms with E-state index in [9.17, 15) is 0 Å². The Morgan fingerprint density at radius 3 is 2.72 bits per heavy atom. The van der Waals surface area contributed by atoms with Crippen LogP contribution in [0.5, 0.6) is 0 Å². The van der Waals surface area contributed by atoms with E-state index in [1.54, 1.807) is 0 Å². The molecule has 3 heteroatoms. The van der Waals surface area contributed by atoms with E-state index < -0.39 is 0 Å². The van der Waals surface area contributed by atoms with Crippen LogP contribution in [0.25, 0.3) is 0 Å². The van der Waals surface area contributed by atoms with Crippen molar-refractivity contribution in [3.63, 3.8) is 0 Å². The van der Waals surface area contributed by atoms with Crippen molar-refractivity contribution in [3.8, 4) is 0 Å². The molecule has 1 aromatic heterocycles. The van der Waals surface area contributed by atoms with Gasteiger partial charge in [0.2, 0.25) is 0 Å². The molecule has 1 heterocycles. The van der Waals surface area contributed by atoms with Crippen molar-refractivity contribution in [3.05, 3.63) is 48.3 Å². The third kappa shape index (κ3) is 3.91. The van der Waals surface area contributed by atoms with Gasteiger partial charge in [-0.25, -0.2) is 0 Å². The summed E-state index contributed by atoms with van der Waals surface area (Å²) in [6.45, 7) is 8.48. The van der Waals surface area contributed by atoms with Crippen molar-refractivity contribution < 1.29 is 0 Å². The van der Waals surface area contributed by atoms with Crippen molar-refractivity contribution in [1.82, 2.24) is 9.78 Å². The Labute approximate surface area is 109 Å². The van der Waals surface area contributed by atoms with E-state index in [2.05, 4.69) is 55.5 Å². The third-order valence-electron chi connectivity index (χ3n) is 2.65. The first-order chi connectivity index (χ1) is 8.53. The molecule has 0 saturated carbocycles. The molecular weight excluding hydrogens is 222 g/mol. The average molecular weight is 243 g/mol. The zero-order chi connectivity index (χ0) is 13.0. The lowest BCUT2D eigenvalue weighted by Crippen LogP contribution is -2.19. The van der Waals surface area contributed by atoms with Gasteiger partial charge in [0.15, 0.2) is 0 Å². The fourth-order valence-electron chi connectivity index (χ4n) is 1.73. The van der Waals surface area contributed by atoms with Crippen LogP contribution in [-0.2, 0) is 6.54 Å². The Kier molecular flexibility index (Phi) is 3.70. The highest BCUT2D eigenvalue weighted by molar-refractivity contribution is 5.45. The molecule has 0 atom stereocenters. The maximum absolute atomic E-state index is 4.22. The summed E-state index contributed by atoms with van der Waals surface area (Å²) in [5.41, 5.74) is 2.73. The van der Waals surface area contributed by atoms with E-state index in [1.807, 2.05) is 23.1 Å². The summed E-state index contributed by atoms with van der Waals surface area (Å²) >= 11 is 0. The largest absolute Gasteiger partial charge is 0.385 e. The molecule has 2 rings (SSSR count). The summed E-state index contributed by atoms with van der Waals surface area (Å²) in [6, 6.07) is 10.5. The Bertz CT molecular complexity index is 481.